The van der Waals surface area contributed by atoms with Crippen LogP contribution in [-0.2, 0) is 11.2 Å². The van der Waals surface area contributed by atoms with Crippen LogP contribution in [0.2, 0.25) is 0 Å². The zero-order chi connectivity index (χ0) is 13.0. The molecule has 1 atom stereocenters. The topological polar surface area (TPSA) is 35.2 Å². The van der Waals surface area contributed by atoms with E-state index in [9.17, 15) is 0 Å². The molecular weight excluding hydrogens is 222 g/mol. The Balaban J connectivity index is 2.03. The van der Waals surface area contributed by atoms with Crippen molar-refractivity contribution in [3.05, 3.63) is 35.4 Å². The number of hydrogen-bond acceptors (Lipinski definition) is 2. The van der Waals surface area contributed by atoms with Gasteiger partial charge in [0.1, 0.15) is 0 Å². The Morgan fingerprint density at radius 3 is 2.72 bits per heavy atom. The number of hydrogen-bond donors (Lipinski definition) is 1. The summed E-state index contributed by atoms with van der Waals surface area (Å²) in [5.41, 5.74) is 9.05. The lowest BCUT2D eigenvalue weighted by Crippen LogP contribution is -2.41. The van der Waals surface area contributed by atoms with Gasteiger partial charge < -0.3 is 10.5 Å². The summed E-state index contributed by atoms with van der Waals surface area (Å²) in [6.45, 7) is 2.21. The zero-order valence-corrected chi connectivity index (χ0v) is 11.6. The predicted octanol–water partition coefficient (Wildman–Crippen LogP) is 3.60. The fourth-order valence-electron chi connectivity index (χ4n) is 2.85. The van der Waals surface area contributed by atoms with Crippen LogP contribution >= 0.6 is 0 Å². The van der Waals surface area contributed by atoms with Gasteiger partial charge in [0.15, 0.2) is 0 Å². The van der Waals surface area contributed by atoms with Crippen molar-refractivity contribution in [2.45, 2.75) is 57.1 Å². The molecule has 0 aliphatic heterocycles. The lowest BCUT2D eigenvalue weighted by molar-refractivity contribution is -0.0817. The van der Waals surface area contributed by atoms with Crippen molar-refractivity contribution >= 4 is 0 Å². The molecule has 0 amide bonds. The molecule has 0 bridgehead atoms. The van der Waals surface area contributed by atoms with Gasteiger partial charge in [-0.15, -0.1) is 0 Å². The second-order valence-corrected chi connectivity index (χ2v) is 5.55. The third-order valence-corrected chi connectivity index (χ3v) is 4.21. The maximum Gasteiger partial charge on any atom is 0.0696 e. The lowest BCUT2D eigenvalue weighted by Gasteiger charge is -2.42. The van der Waals surface area contributed by atoms with Crippen LogP contribution in [0, 0.1) is 0 Å². The molecule has 0 saturated heterocycles. The van der Waals surface area contributed by atoms with E-state index in [1.54, 1.807) is 0 Å². The Labute approximate surface area is 111 Å². The van der Waals surface area contributed by atoms with Crippen LogP contribution in [0.1, 0.15) is 56.2 Å². The number of rotatable bonds is 6. The minimum Gasteiger partial charge on any atom is -0.378 e. The van der Waals surface area contributed by atoms with E-state index in [2.05, 4.69) is 31.2 Å². The molecule has 1 fully saturated rings. The smallest absolute Gasteiger partial charge is 0.0696 e. The molecule has 0 radical (unpaired) electrons. The van der Waals surface area contributed by atoms with Crippen molar-refractivity contribution in [1.82, 2.24) is 0 Å². The van der Waals surface area contributed by atoms with E-state index >= 15 is 0 Å². The third kappa shape index (κ3) is 2.93. The first kappa shape index (κ1) is 13.6. The van der Waals surface area contributed by atoms with Crippen LogP contribution in [0.25, 0.3) is 0 Å². The second kappa shape index (κ2) is 5.85. The van der Waals surface area contributed by atoms with Crippen LogP contribution in [0.4, 0.5) is 0 Å². The Bertz CT molecular complexity index is 379. The molecule has 100 valence electrons. The van der Waals surface area contributed by atoms with Gasteiger partial charge in [0.05, 0.1) is 5.60 Å². The standard InChI is InChI=1S/C16H25NO/c1-3-6-13-7-4-8-14(11-13)15(17)12-16(18-2)9-5-10-16/h4,7-8,11,15H,3,5-6,9-10,12,17H2,1-2H3. The summed E-state index contributed by atoms with van der Waals surface area (Å²) in [5.74, 6) is 0. The van der Waals surface area contributed by atoms with Gasteiger partial charge in [0, 0.05) is 13.2 Å². The van der Waals surface area contributed by atoms with Crippen molar-refractivity contribution in [3.8, 4) is 0 Å². The van der Waals surface area contributed by atoms with Gasteiger partial charge in [0.2, 0.25) is 0 Å². The van der Waals surface area contributed by atoms with Gasteiger partial charge >= 0.3 is 0 Å². The minimum atomic E-state index is 0.0557. The first-order chi connectivity index (χ1) is 8.69. The Hall–Kier alpha value is -0.860. The quantitative estimate of drug-likeness (QED) is 0.833. The summed E-state index contributed by atoms with van der Waals surface area (Å²) >= 11 is 0. The average Bonchev–Trinajstić information content (AvgIpc) is 2.34. The zero-order valence-electron chi connectivity index (χ0n) is 11.6. The van der Waals surface area contributed by atoms with Gasteiger partial charge in [-0.3, -0.25) is 0 Å². The molecule has 2 nitrogen and oxygen atoms in total. The minimum absolute atomic E-state index is 0.0557. The van der Waals surface area contributed by atoms with Gasteiger partial charge in [-0.05, 0) is 43.2 Å². The molecule has 18 heavy (non-hydrogen) atoms. The average molecular weight is 247 g/mol. The van der Waals surface area contributed by atoms with Gasteiger partial charge in [-0.25, -0.2) is 0 Å². The highest BCUT2D eigenvalue weighted by molar-refractivity contribution is 5.26. The molecule has 0 heterocycles. The fraction of sp³-hybridized carbons (Fsp3) is 0.625. The highest BCUT2D eigenvalue weighted by atomic mass is 16.5. The van der Waals surface area contributed by atoms with Crippen molar-refractivity contribution in [1.29, 1.82) is 0 Å². The van der Waals surface area contributed by atoms with Crippen molar-refractivity contribution < 1.29 is 4.74 Å². The molecule has 2 heteroatoms. The highest BCUT2D eigenvalue weighted by Gasteiger charge is 2.38. The molecule has 1 unspecified atom stereocenters. The largest absolute Gasteiger partial charge is 0.378 e. The van der Waals surface area contributed by atoms with Crippen LogP contribution in [0.15, 0.2) is 24.3 Å². The van der Waals surface area contributed by atoms with Crippen LogP contribution in [-0.4, -0.2) is 12.7 Å². The molecular formula is C16H25NO. The number of benzene rings is 1. The van der Waals surface area contributed by atoms with E-state index < -0.39 is 0 Å². The van der Waals surface area contributed by atoms with Crippen LogP contribution in [0.5, 0.6) is 0 Å². The summed E-state index contributed by atoms with van der Waals surface area (Å²) in [6, 6.07) is 8.82. The van der Waals surface area contributed by atoms with E-state index in [-0.39, 0.29) is 11.6 Å². The van der Waals surface area contributed by atoms with E-state index in [0.29, 0.717) is 0 Å². The van der Waals surface area contributed by atoms with E-state index in [0.717, 1.165) is 25.7 Å². The Kier molecular flexibility index (Phi) is 4.41. The molecule has 2 N–H and O–H groups in total. The lowest BCUT2D eigenvalue weighted by atomic mass is 9.75. The second-order valence-electron chi connectivity index (χ2n) is 5.55. The number of ether oxygens (including phenoxy) is 1. The summed E-state index contributed by atoms with van der Waals surface area (Å²) in [6.07, 6.45) is 6.85. The summed E-state index contributed by atoms with van der Waals surface area (Å²) in [4.78, 5) is 0. The van der Waals surface area contributed by atoms with E-state index in [1.165, 1.54) is 24.0 Å². The molecule has 1 aromatic rings. The first-order valence-corrected chi connectivity index (χ1v) is 7.09. The summed E-state index contributed by atoms with van der Waals surface area (Å²) in [5, 5.41) is 0. The summed E-state index contributed by atoms with van der Waals surface area (Å²) < 4.78 is 5.66. The normalized spacial score (nSPS) is 19.3. The number of aryl methyl sites for hydroxylation is 1. The first-order valence-electron chi connectivity index (χ1n) is 7.09. The monoisotopic (exact) mass is 247 g/mol. The molecule has 1 aliphatic carbocycles. The van der Waals surface area contributed by atoms with Crippen molar-refractivity contribution in [2.75, 3.05) is 7.11 Å². The highest BCUT2D eigenvalue weighted by Crippen LogP contribution is 2.41. The molecule has 1 aliphatic rings. The Morgan fingerprint density at radius 1 is 1.39 bits per heavy atom. The van der Waals surface area contributed by atoms with Crippen LogP contribution in [0.3, 0.4) is 0 Å². The maximum atomic E-state index is 6.35. The van der Waals surface area contributed by atoms with E-state index in [1.807, 2.05) is 7.11 Å². The molecule has 0 spiro atoms. The predicted molar refractivity (Wildman–Crippen MR) is 75.6 cm³/mol. The van der Waals surface area contributed by atoms with Crippen LogP contribution < -0.4 is 5.73 Å². The van der Waals surface area contributed by atoms with Gasteiger partial charge in [-0.1, -0.05) is 37.6 Å². The maximum absolute atomic E-state index is 6.35. The van der Waals surface area contributed by atoms with Gasteiger partial charge in [-0.2, -0.15) is 0 Å². The van der Waals surface area contributed by atoms with Gasteiger partial charge in [0.25, 0.3) is 0 Å². The molecule has 1 aromatic carbocycles. The summed E-state index contributed by atoms with van der Waals surface area (Å²) in [7, 11) is 1.82. The fourth-order valence-corrected chi connectivity index (χ4v) is 2.85. The van der Waals surface area contributed by atoms with Crippen molar-refractivity contribution in [2.24, 2.45) is 5.73 Å². The molecule has 0 aromatic heterocycles. The number of methoxy groups -OCH3 is 1. The SMILES string of the molecule is CCCc1cccc(C(N)CC2(OC)CCC2)c1. The third-order valence-electron chi connectivity index (χ3n) is 4.21. The van der Waals surface area contributed by atoms with E-state index in [4.69, 9.17) is 10.5 Å². The molecule has 2 rings (SSSR count). The Morgan fingerprint density at radius 2 is 2.17 bits per heavy atom. The molecule has 1 saturated carbocycles. The van der Waals surface area contributed by atoms with Crippen molar-refractivity contribution in [3.63, 3.8) is 0 Å². The number of nitrogens with two attached hydrogens (primary N) is 1.